The lowest BCUT2D eigenvalue weighted by Gasteiger charge is -2.42. The molecule has 1 saturated carbocycles. The first-order valence-corrected chi connectivity index (χ1v) is 13.5. The van der Waals surface area contributed by atoms with Gasteiger partial charge in [-0.25, -0.2) is 19.4 Å². The standard InChI is InChI=1S/C28H34N10O2/c1-17(2)33-23-11-25(38-26-19(14-32-38)10-18(12-29)13-31-26)30-15-22(23)24-16-36(35-34-24)20-6-8-21(9-7-20)37(27(39)40)28(3,4)5/h10-11,13-17,20-21H,6-9H2,1-5H3,(H,30,33)(H,39,40)/t20-,21-. The molecule has 0 spiro atoms. The summed E-state index contributed by atoms with van der Waals surface area (Å²) >= 11 is 0. The van der Waals surface area contributed by atoms with Gasteiger partial charge in [-0.15, -0.1) is 5.10 Å². The van der Waals surface area contributed by atoms with E-state index in [9.17, 15) is 15.2 Å². The van der Waals surface area contributed by atoms with E-state index in [0.717, 1.165) is 42.3 Å². The van der Waals surface area contributed by atoms with Crippen LogP contribution in [-0.4, -0.2) is 68.5 Å². The molecule has 0 radical (unpaired) electrons. The Morgan fingerprint density at radius 1 is 1.15 bits per heavy atom. The van der Waals surface area contributed by atoms with Crippen LogP contribution < -0.4 is 5.32 Å². The minimum atomic E-state index is -0.870. The lowest BCUT2D eigenvalue weighted by atomic mass is 9.88. The van der Waals surface area contributed by atoms with Crippen molar-refractivity contribution in [3.63, 3.8) is 0 Å². The zero-order valence-electron chi connectivity index (χ0n) is 23.4. The third-order valence-electron chi connectivity index (χ3n) is 7.21. The molecule has 5 rings (SSSR count). The molecular formula is C28H34N10O2. The highest BCUT2D eigenvalue weighted by Gasteiger charge is 2.36. The van der Waals surface area contributed by atoms with E-state index in [2.05, 4.69) is 50.6 Å². The molecule has 2 N–H and O–H groups in total. The number of anilines is 1. The fourth-order valence-corrected chi connectivity index (χ4v) is 5.50. The molecule has 4 aromatic heterocycles. The van der Waals surface area contributed by atoms with Crippen LogP contribution in [-0.2, 0) is 0 Å². The highest BCUT2D eigenvalue weighted by Crippen LogP contribution is 2.35. The van der Waals surface area contributed by atoms with E-state index >= 15 is 0 Å². The predicted octanol–water partition coefficient (Wildman–Crippen LogP) is 5.03. The normalized spacial score (nSPS) is 17.6. The van der Waals surface area contributed by atoms with Gasteiger partial charge in [0.15, 0.2) is 11.5 Å². The first-order chi connectivity index (χ1) is 19.0. The topological polar surface area (TPSA) is 151 Å². The average Bonchev–Trinajstić information content (AvgIpc) is 3.55. The van der Waals surface area contributed by atoms with Crippen LogP contribution in [0.2, 0.25) is 0 Å². The van der Waals surface area contributed by atoms with Crippen LogP contribution in [0.4, 0.5) is 10.5 Å². The van der Waals surface area contributed by atoms with E-state index in [-0.39, 0.29) is 18.1 Å². The van der Waals surface area contributed by atoms with Gasteiger partial charge in [0.1, 0.15) is 11.8 Å². The second-order valence-electron chi connectivity index (χ2n) is 11.6. The van der Waals surface area contributed by atoms with Crippen molar-refractivity contribution in [3.8, 4) is 23.1 Å². The number of hydrogen-bond acceptors (Lipinski definition) is 8. The molecule has 1 amide bonds. The van der Waals surface area contributed by atoms with Crippen LogP contribution in [0, 0.1) is 11.3 Å². The van der Waals surface area contributed by atoms with E-state index in [1.54, 1.807) is 28.0 Å². The third kappa shape index (κ3) is 5.32. The number of nitrogens with zero attached hydrogens (tertiary/aromatic N) is 9. The van der Waals surface area contributed by atoms with Crippen LogP contribution in [0.5, 0.6) is 0 Å². The Kier molecular flexibility index (Phi) is 7.14. The number of rotatable bonds is 6. The van der Waals surface area contributed by atoms with Gasteiger partial charge in [0.25, 0.3) is 0 Å². The van der Waals surface area contributed by atoms with Gasteiger partial charge in [-0.2, -0.15) is 15.0 Å². The molecule has 4 aromatic rings. The minimum absolute atomic E-state index is 0.00492. The number of carbonyl (C=O) groups is 1. The number of fused-ring (bicyclic) bond motifs is 1. The maximum atomic E-state index is 11.9. The van der Waals surface area contributed by atoms with Gasteiger partial charge in [-0.1, -0.05) is 5.21 Å². The molecule has 4 heterocycles. The molecule has 208 valence electrons. The fourth-order valence-electron chi connectivity index (χ4n) is 5.50. The Morgan fingerprint density at radius 2 is 1.90 bits per heavy atom. The summed E-state index contributed by atoms with van der Waals surface area (Å²) in [6.45, 7) is 9.94. The second kappa shape index (κ2) is 10.6. The van der Waals surface area contributed by atoms with Gasteiger partial charge < -0.3 is 15.3 Å². The van der Waals surface area contributed by atoms with Crippen LogP contribution in [0.25, 0.3) is 28.1 Å². The maximum absolute atomic E-state index is 11.9. The maximum Gasteiger partial charge on any atom is 0.407 e. The van der Waals surface area contributed by atoms with Gasteiger partial charge in [0, 0.05) is 52.7 Å². The van der Waals surface area contributed by atoms with Crippen molar-refractivity contribution in [2.45, 2.75) is 84.0 Å². The molecule has 40 heavy (non-hydrogen) atoms. The zero-order chi connectivity index (χ0) is 28.6. The highest BCUT2D eigenvalue weighted by molar-refractivity contribution is 5.79. The van der Waals surface area contributed by atoms with E-state index < -0.39 is 11.6 Å². The summed E-state index contributed by atoms with van der Waals surface area (Å²) in [5.74, 6) is 0.589. The summed E-state index contributed by atoms with van der Waals surface area (Å²) < 4.78 is 3.55. The zero-order valence-corrected chi connectivity index (χ0v) is 23.4. The first kappa shape index (κ1) is 27.1. The van der Waals surface area contributed by atoms with Crippen molar-refractivity contribution < 1.29 is 9.90 Å². The molecule has 1 aliphatic rings. The summed E-state index contributed by atoms with van der Waals surface area (Å²) in [5.41, 5.74) is 3.01. The molecular weight excluding hydrogens is 508 g/mol. The second-order valence-corrected chi connectivity index (χ2v) is 11.6. The number of amides is 1. The molecule has 1 aliphatic carbocycles. The Bertz CT molecular complexity index is 1570. The van der Waals surface area contributed by atoms with Gasteiger partial charge >= 0.3 is 6.09 Å². The number of pyridine rings is 2. The number of nitriles is 1. The predicted molar refractivity (Wildman–Crippen MR) is 150 cm³/mol. The lowest BCUT2D eigenvalue weighted by Crippen LogP contribution is -2.52. The molecule has 0 bridgehead atoms. The van der Waals surface area contributed by atoms with Crippen LogP contribution >= 0.6 is 0 Å². The van der Waals surface area contributed by atoms with Crippen molar-refractivity contribution in [1.29, 1.82) is 5.26 Å². The summed E-state index contributed by atoms with van der Waals surface area (Å²) in [7, 11) is 0. The van der Waals surface area contributed by atoms with Gasteiger partial charge in [-0.3, -0.25) is 0 Å². The molecule has 0 aliphatic heterocycles. The molecule has 0 unspecified atom stereocenters. The average molecular weight is 543 g/mol. The van der Waals surface area contributed by atoms with E-state index in [0.29, 0.717) is 22.7 Å². The van der Waals surface area contributed by atoms with Crippen LogP contribution in [0.1, 0.15) is 71.9 Å². The lowest BCUT2D eigenvalue weighted by molar-refractivity contribution is 0.0503. The van der Waals surface area contributed by atoms with Crippen molar-refractivity contribution in [2.75, 3.05) is 5.32 Å². The van der Waals surface area contributed by atoms with Crippen molar-refractivity contribution in [1.82, 2.24) is 39.6 Å². The van der Waals surface area contributed by atoms with Crippen molar-refractivity contribution in [3.05, 3.63) is 42.5 Å². The Balaban J connectivity index is 1.39. The van der Waals surface area contributed by atoms with Crippen molar-refractivity contribution in [2.24, 2.45) is 0 Å². The number of carboxylic acid groups (broad SMARTS) is 1. The third-order valence-corrected chi connectivity index (χ3v) is 7.21. The molecule has 12 nitrogen and oxygen atoms in total. The summed E-state index contributed by atoms with van der Waals surface area (Å²) in [4.78, 5) is 22.6. The van der Waals surface area contributed by atoms with E-state index in [1.807, 2.05) is 37.7 Å². The molecule has 0 atom stereocenters. The fraction of sp³-hybridized carbons (Fsp3) is 0.464. The Labute approximate surface area is 232 Å². The smallest absolute Gasteiger partial charge is 0.407 e. The first-order valence-electron chi connectivity index (χ1n) is 13.5. The Hall–Kier alpha value is -4.53. The monoisotopic (exact) mass is 542 g/mol. The SMILES string of the molecule is CC(C)Nc1cc(-n2ncc3cc(C#N)cnc32)ncc1-c1cn([C@H]2CC[C@H](N(C(=O)O)C(C)(C)C)CC2)nn1. The molecule has 0 aromatic carbocycles. The molecule has 0 saturated heterocycles. The summed E-state index contributed by atoms with van der Waals surface area (Å²) in [6, 6.07) is 6.08. The van der Waals surface area contributed by atoms with Crippen LogP contribution in [0.3, 0.4) is 0 Å². The quantitative estimate of drug-likeness (QED) is 0.342. The minimum Gasteiger partial charge on any atom is -0.465 e. The van der Waals surface area contributed by atoms with Crippen molar-refractivity contribution >= 4 is 22.8 Å². The number of nitrogens with one attached hydrogen (secondary N) is 1. The summed E-state index contributed by atoms with van der Waals surface area (Å²) in [5, 5.41) is 36.6. The van der Waals surface area contributed by atoms with E-state index in [1.165, 1.54) is 6.20 Å². The van der Waals surface area contributed by atoms with Gasteiger partial charge in [0.05, 0.1) is 24.0 Å². The van der Waals surface area contributed by atoms with Gasteiger partial charge in [-0.05, 0) is 66.4 Å². The van der Waals surface area contributed by atoms with Crippen LogP contribution in [0.15, 0.2) is 36.9 Å². The van der Waals surface area contributed by atoms with E-state index in [4.69, 9.17) is 0 Å². The Morgan fingerprint density at radius 3 is 2.55 bits per heavy atom. The number of hydrogen-bond donors (Lipinski definition) is 2. The molecule has 1 fully saturated rings. The number of aromatic nitrogens is 7. The summed E-state index contributed by atoms with van der Waals surface area (Å²) in [6.07, 6.45) is 9.25. The highest BCUT2D eigenvalue weighted by atomic mass is 16.4. The molecule has 12 heteroatoms. The largest absolute Gasteiger partial charge is 0.465 e. The van der Waals surface area contributed by atoms with Gasteiger partial charge in [0.2, 0.25) is 0 Å².